The van der Waals surface area contributed by atoms with Crippen LogP contribution in [0.3, 0.4) is 0 Å². The molecule has 0 bridgehead atoms. The molecule has 0 atom stereocenters. The first-order valence-electron chi connectivity index (χ1n) is 10.4. The van der Waals surface area contributed by atoms with Crippen molar-refractivity contribution >= 4 is 0 Å². The maximum atomic E-state index is 4.18. The number of rotatable bonds is 2. The second-order valence-corrected chi connectivity index (χ2v) is 4.85. The standard InChI is InChI=1S/2C8H11N.4C2H6/c1-7(2)8-4-3-5-9-6-8;1-7(2)8-5-3-4-6-9-8;4*1-2/h2*3-7H,1-2H3;4*1-2H3. The molecule has 0 saturated heterocycles. The van der Waals surface area contributed by atoms with Crippen LogP contribution in [0.4, 0.5) is 0 Å². The quantitative estimate of drug-likeness (QED) is 0.535. The lowest BCUT2D eigenvalue weighted by Crippen LogP contribution is -1.88. The SMILES string of the molecule is CC.CC.CC.CC.CC(C)c1ccccn1.CC(C)c1cccnc1. The van der Waals surface area contributed by atoms with Gasteiger partial charge in [0.05, 0.1) is 0 Å². The fourth-order valence-electron chi connectivity index (χ4n) is 1.43. The van der Waals surface area contributed by atoms with Gasteiger partial charge in [0.1, 0.15) is 0 Å². The highest BCUT2D eigenvalue weighted by atomic mass is 14.7. The van der Waals surface area contributed by atoms with Gasteiger partial charge < -0.3 is 0 Å². The highest BCUT2D eigenvalue weighted by Crippen LogP contribution is 2.10. The highest BCUT2D eigenvalue weighted by molar-refractivity contribution is 5.12. The normalized spacial score (nSPS) is 7.92. The Morgan fingerprint density at radius 3 is 1.38 bits per heavy atom. The molecule has 2 heterocycles. The summed E-state index contributed by atoms with van der Waals surface area (Å²) in [5.41, 5.74) is 2.47. The predicted octanol–water partition coefficient (Wildman–Crippen LogP) is 8.51. The Kier molecular flexibility index (Phi) is 34.6. The van der Waals surface area contributed by atoms with Gasteiger partial charge in [-0.3, -0.25) is 9.97 Å². The molecule has 0 spiro atoms. The maximum absolute atomic E-state index is 4.18. The van der Waals surface area contributed by atoms with E-state index in [0.717, 1.165) is 5.69 Å². The molecule has 0 aliphatic carbocycles. The third-order valence-electron chi connectivity index (χ3n) is 2.63. The van der Waals surface area contributed by atoms with Crippen LogP contribution in [0.15, 0.2) is 48.9 Å². The summed E-state index contributed by atoms with van der Waals surface area (Å²) in [5, 5.41) is 0. The maximum Gasteiger partial charge on any atom is 0.0428 e. The first-order chi connectivity index (χ1) is 12.6. The van der Waals surface area contributed by atoms with E-state index >= 15 is 0 Å². The van der Waals surface area contributed by atoms with Gasteiger partial charge in [0.25, 0.3) is 0 Å². The smallest absolute Gasteiger partial charge is 0.0428 e. The molecule has 2 aromatic rings. The zero-order chi connectivity index (χ0) is 21.4. The van der Waals surface area contributed by atoms with Crippen LogP contribution >= 0.6 is 0 Å². The zero-order valence-electron chi connectivity index (χ0n) is 19.7. The monoisotopic (exact) mass is 362 g/mol. The molecule has 152 valence electrons. The molecule has 0 radical (unpaired) electrons. The predicted molar refractivity (Wildman–Crippen MR) is 122 cm³/mol. The van der Waals surface area contributed by atoms with Crippen LogP contribution in [0.1, 0.15) is 106 Å². The fraction of sp³-hybridized carbons (Fsp3) is 0.583. The van der Waals surface area contributed by atoms with E-state index in [0.29, 0.717) is 11.8 Å². The summed E-state index contributed by atoms with van der Waals surface area (Å²) in [6, 6.07) is 10.1. The van der Waals surface area contributed by atoms with Gasteiger partial charge in [-0.1, -0.05) is 95.2 Å². The van der Waals surface area contributed by atoms with Gasteiger partial charge in [-0.25, -0.2) is 0 Å². The molecule has 0 aromatic carbocycles. The van der Waals surface area contributed by atoms with Crippen molar-refractivity contribution in [2.45, 2.75) is 94.9 Å². The molecule has 0 N–H and O–H groups in total. The van der Waals surface area contributed by atoms with Crippen LogP contribution in [0.5, 0.6) is 0 Å². The van der Waals surface area contributed by atoms with E-state index < -0.39 is 0 Å². The lowest BCUT2D eigenvalue weighted by Gasteiger charge is -2.00. The van der Waals surface area contributed by atoms with Crippen LogP contribution in [-0.4, -0.2) is 9.97 Å². The average Bonchev–Trinajstić information content (AvgIpc) is 2.75. The molecule has 2 aromatic heterocycles. The summed E-state index contributed by atoms with van der Waals surface area (Å²) in [6.07, 6.45) is 5.53. The fourth-order valence-corrected chi connectivity index (χ4v) is 1.43. The van der Waals surface area contributed by atoms with Crippen LogP contribution < -0.4 is 0 Å². The molecule has 0 amide bonds. The zero-order valence-corrected chi connectivity index (χ0v) is 19.7. The molecule has 2 rings (SSSR count). The van der Waals surface area contributed by atoms with Gasteiger partial charge in [0.2, 0.25) is 0 Å². The number of hydrogen-bond donors (Lipinski definition) is 0. The van der Waals surface area contributed by atoms with E-state index in [-0.39, 0.29) is 0 Å². The van der Waals surface area contributed by atoms with E-state index in [4.69, 9.17) is 0 Å². The Labute approximate surface area is 165 Å². The van der Waals surface area contributed by atoms with Gasteiger partial charge in [0.15, 0.2) is 0 Å². The summed E-state index contributed by atoms with van der Waals surface area (Å²) in [6.45, 7) is 24.6. The van der Waals surface area contributed by atoms with Gasteiger partial charge in [-0.2, -0.15) is 0 Å². The van der Waals surface area contributed by atoms with Crippen molar-refractivity contribution in [1.29, 1.82) is 0 Å². The summed E-state index contributed by atoms with van der Waals surface area (Å²) < 4.78 is 0. The average molecular weight is 363 g/mol. The lowest BCUT2D eigenvalue weighted by atomic mass is 10.1. The van der Waals surface area contributed by atoms with E-state index in [9.17, 15) is 0 Å². The minimum absolute atomic E-state index is 0.547. The molecular weight excluding hydrogens is 316 g/mol. The first-order valence-corrected chi connectivity index (χ1v) is 10.4. The van der Waals surface area contributed by atoms with Crippen LogP contribution in [-0.2, 0) is 0 Å². The van der Waals surface area contributed by atoms with Crippen molar-refractivity contribution in [3.63, 3.8) is 0 Å². The molecule has 26 heavy (non-hydrogen) atoms. The van der Waals surface area contributed by atoms with Crippen LogP contribution in [0.25, 0.3) is 0 Å². The van der Waals surface area contributed by atoms with Crippen LogP contribution in [0.2, 0.25) is 0 Å². The number of hydrogen-bond acceptors (Lipinski definition) is 2. The molecule has 0 aliphatic heterocycles. The molecule has 0 saturated carbocycles. The minimum atomic E-state index is 0.547. The second kappa shape index (κ2) is 28.1. The molecule has 2 heteroatoms. The lowest BCUT2D eigenvalue weighted by molar-refractivity contribution is 0.823. The van der Waals surface area contributed by atoms with Crippen molar-refractivity contribution in [2.75, 3.05) is 0 Å². The Balaban J connectivity index is -0.000000135. The van der Waals surface area contributed by atoms with Gasteiger partial charge in [-0.15, -0.1) is 0 Å². The Bertz CT molecular complexity index is 379. The topological polar surface area (TPSA) is 25.8 Å². The summed E-state index contributed by atoms with van der Waals surface area (Å²) in [7, 11) is 0. The Morgan fingerprint density at radius 1 is 0.615 bits per heavy atom. The van der Waals surface area contributed by atoms with Crippen molar-refractivity contribution in [2.24, 2.45) is 0 Å². The Hall–Kier alpha value is -1.70. The number of nitrogens with zero attached hydrogens (tertiary/aromatic N) is 2. The first kappa shape index (κ1) is 32.0. The largest absolute Gasteiger partial charge is 0.264 e. The van der Waals surface area contributed by atoms with E-state index in [2.05, 4.69) is 43.7 Å². The summed E-state index contributed by atoms with van der Waals surface area (Å²) in [5.74, 6) is 1.14. The minimum Gasteiger partial charge on any atom is -0.264 e. The molecule has 0 aliphatic rings. The van der Waals surface area contributed by atoms with E-state index in [1.165, 1.54) is 5.56 Å². The highest BCUT2D eigenvalue weighted by Gasteiger charge is 1.95. The van der Waals surface area contributed by atoms with Crippen molar-refractivity contribution in [3.8, 4) is 0 Å². The number of pyridine rings is 2. The third kappa shape index (κ3) is 20.3. The van der Waals surface area contributed by atoms with Crippen molar-refractivity contribution in [1.82, 2.24) is 9.97 Å². The summed E-state index contributed by atoms with van der Waals surface area (Å²) >= 11 is 0. The van der Waals surface area contributed by atoms with Gasteiger partial charge in [0, 0.05) is 24.3 Å². The Morgan fingerprint density at radius 2 is 1.15 bits per heavy atom. The van der Waals surface area contributed by atoms with Crippen LogP contribution in [0, 0.1) is 0 Å². The molecule has 2 nitrogen and oxygen atoms in total. The van der Waals surface area contributed by atoms with Crippen molar-refractivity contribution < 1.29 is 0 Å². The van der Waals surface area contributed by atoms with Gasteiger partial charge >= 0.3 is 0 Å². The molecule has 0 unspecified atom stereocenters. The third-order valence-corrected chi connectivity index (χ3v) is 2.63. The summed E-state index contributed by atoms with van der Waals surface area (Å²) in [4.78, 5) is 8.18. The van der Waals surface area contributed by atoms with E-state index in [1.54, 1.807) is 6.20 Å². The van der Waals surface area contributed by atoms with E-state index in [1.807, 2.05) is 92.0 Å². The second-order valence-electron chi connectivity index (χ2n) is 4.85. The van der Waals surface area contributed by atoms with Gasteiger partial charge in [-0.05, 0) is 35.6 Å². The van der Waals surface area contributed by atoms with Crippen molar-refractivity contribution in [3.05, 3.63) is 60.2 Å². The number of aromatic nitrogens is 2. The molecule has 0 fully saturated rings. The molecular formula is C24H46N2.